The van der Waals surface area contributed by atoms with Crippen LogP contribution < -0.4 is 5.32 Å². The van der Waals surface area contributed by atoms with Gasteiger partial charge in [-0.15, -0.1) is 0 Å². The van der Waals surface area contributed by atoms with Crippen LogP contribution in [0.15, 0.2) is 30.3 Å². The van der Waals surface area contributed by atoms with E-state index in [0.29, 0.717) is 12.5 Å². The lowest BCUT2D eigenvalue weighted by Crippen LogP contribution is -2.25. The van der Waals surface area contributed by atoms with Crippen molar-refractivity contribution >= 4 is 22.9 Å². The minimum Gasteiger partial charge on any atom is -0.352 e. The van der Waals surface area contributed by atoms with Crippen LogP contribution in [0.25, 0.3) is 17.0 Å². The molecule has 0 aliphatic heterocycles. The van der Waals surface area contributed by atoms with Gasteiger partial charge in [0, 0.05) is 18.0 Å². The van der Waals surface area contributed by atoms with Crippen molar-refractivity contribution in [2.24, 2.45) is 5.92 Å². The Labute approximate surface area is 106 Å². The van der Waals surface area contributed by atoms with Crippen LogP contribution >= 0.6 is 0 Å². The highest BCUT2D eigenvalue weighted by Crippen LogP contribution is 2.15. The molecular formula is C14H17N3O. The predicted molar refractivity (Wildman–Crippen MR) is 73.0 cm³/mol. The topological polar surface area (TPSA) is 57.8 Å². The fraction of sp³-hybridized carbons (Fsp3) is 0.286. The normalized spacial score (nSPS) is 11.5. The molecule has 2 rings (SSSR count). The van der Waals surface area contributed by atoms with Crippen molar-refractivity contribution in [2.45, 2.75) is 13.8 Å². The Hall–Kier alpha value is -2.10. The van der Waals surface area contributed by atoms with E-state index in [0.717, 1.165) is 16.6 Å². The highest BCUT2D eigenvalue weighted by Gasteiger charge is 2.02. The first-order valence-electron chi connectivity index (χ1n) is 6.06. The number of amides is 1. The molecule has 0 saturated carbocycles. The first kappa shape index (κ1) is 12.4. The molecule has 1 amide bonds. The first-order chi connectivity index (χ1) is 8.66. The SMILES string of the molecule is CC(C)CNC(=O)C=Cc1n[nH]c2ccccc12. The van der Waals surface area contributed by atoms with Gasteiger partial charge in [-0.05, 0) is 18.1 Å². The number of benzene rings is 1. The van der Waals surface area contributed by atoms with E-state index >= 15 is 0 Å². The number of hydrogen-bond donors (Lipinski definition) is 2. The predicted octanol–water partition coefficient (Wildman–Crippen LogP) is 2.35. The van der Waals surface area contributed by atoms with E-state index in [1.54, 1.807) is 6.08 Å². The van der Waals surface area contributed by atoms with Gasteiger partial charge in [-0.25, -0.2) is 0 Å². The highest BCUT2D eigenvalue weighted by atomic mass is 16.1. The second kappa shape index (κ2) is 5.49. The number of para-hydroxylation sites is 1. The second-order valence-electron chi connectivity index (χ2n) is 4.63. The Balaban J connectivity index is 2.07. The molecule has 1 aromatic heterocycles. The molecule has 2 N–H and O–H groups in total. The minimum absolute atomic E-state index is 0.0872. The summed E-state index contributed by atoms with van der Waals surface area (Å²) in [4.78, 5) is 11.5. The number of nitrogens with zero attached hydrogens (tertiary/aromatic N) is 1. The zero-order valence-corrected chi connectivity index (χ0v) is 10.6. The van der Waals surface area contributed by atoms with Gasteiger partial charge in [0.05, 0.1) is 11.2 Å². The minimum atomic E-state index is -0.0872. The third-order valence-electron chi connectivity index (χ3n) is 2.58. The van der Waals surface area contributed by atoms with Crippen molar-refractivity contribution in [3.05, 3.63) is 36.0 Å². The van der Waals surface area contributed by atoms with Crippen LogP contribution in [0.3, 0.4) is 0 Å². The van der Waals surface area contributed by atoms with Crippen LogP contribution in [0.1, 0.15) is 19.5 Å². The lowest BCUT2D eigenvalue weighted by molar-refractivity contribution is -0.116. The summed E-state index contributed by atoms with van der Waals surface area (Å²) in [6, 6.07) is 7.83. The van der Waals surface area contributed by atoms with Crippen LogP contribution in [-0.2, 0) is 4.79 Å². The number of carbonyl (C=O) groups excluding carboxylic acids is 1. The van der Waals surface area contributed by atoms with Gasteiger partial charge in [-0.1, -0.05) is 32.0 Å². The number of aromatic amines is 1. The van der Waals surface area contributed by atoms with Crippen LogP contribution in [0.4, 0.5) is 0 Å². The standard InChI is InChI=1S/C14H17N3O/c1-10(2)9-15-14(18)8-7-13-11-5-3-4-6-12(11)16-17-13/h3-8,10H,9H2,1-2H3,(H,15,18)(H,16,17). The number of hydrogen-bond acceptors (Lipinski definition) is 2. The number of carbonyl (C=O) groups is 1. The van der Waals surface area contributed by atoms with Crippen molar-refractivity contribution < 1.29 is 4.79 Å². The fourth-order valence-electron chi connectivity index (χ4n) is 1.63. The maximum absolute atomic E-state index is 11.5. The lowest BCUT2D eigenvalue weighted by atomic mass is 10.2. The molecule has 0 atom stereocenters. The van der Waals surface area contributed by atoms with E-state index in [1.807, 2.05) is 24.3 Å². The Kier molecular flexibility index (Phi) is 3.77. The Morgan fingerprint density at radius 2 is 2.22 bits per heavy atom. The maximum atomic E-state index is 11.5. The molecule has 1 aromatic carbocycles. The van der Waals surface area contributed by atoms with E-state index in [4.69, 9.17) is 0 Å². The number of fused-ring (bicyclic) bond motifs is 1. The lowest BCUT2D eigenvalue weighted by Gasteiger charge is -2.03. The van der Waals surface area contributed by atoms with E-state index in [-0.39, 0.29) is 5.91 Å². The van der Waals surface area contributed by atoms with Crippen molar-refractivity contribution in [2.75, 3.05) is 6.54 Å². The molecule has 0 spiro atoms. The number of H-pyrrole nitrogens is 1. The highest BCUT2D eigenvalue weighted by molar-refractivity contribution is 5.95. The van der Waals surface area contributed by atoms with Gasteiger partial charge in [0.1, 0.15) is 0 Å². The summed E-state index contributed by atoms with van der Waals surface area (Å²) in [5.41, 5.74) is 1.75. The first-order valence-corrected chi connectivity index (χ1v) is 6.06. The van der Waals surface area contributed by atoms with Gasteiger partial charge >= 0.3 is 0 Å². The average molecular weight is 243 g/mol. The molecule has 1 heterocycles. The van der Waals surface area contributed by atoms with E-state index in [2.05, 4.69) is 29.4 Å². The number of rotatable bonds is 4. The molecule has 0 bridgehead atoms. The largest absolute Gasteiger partial charge is 0.352 e. The molecule has 4 heteroatoms. The Morgan fingerprint density at radius 1 is 1.44 bits per heavy atom. The van der Waals surface area contributed by atoms with Crippen molar-refractivity contribution in [3.8, 4) is 0 Å². The maximum Gasteiger partial charge on any atom is 0.244 e. The second-order valence-corrected chi connectivity index (χ2v) is 4.63. The molecule has 0 saturated heterocycles. The number of aromatic nitrogens is 2. The Bertz CT molecular complexity index is 569. The van der Waals surface area contributed by atoms with Crippen LogP contribution in [-0.4, -0.2) is 22.6 Å². The summed E-state index contributed by atoms with van der Waals surface area (Å²) in [6.07, 6.45) is 3.25. The molecule has 0 aliphatic rings. The Morgan fingerprint density at radius 3 is 3.00 bits per heavy atom. The van der Waals surface area contributed by atoms with Gasteiger partial charge < -0.3 is 5.32 Å². The molecule has 4 nitrogen and oxygen atoms in total. The summed E-state index contributed by atoms with van der Waals surface area (Å²) in [5, 5.41) is 10.9. The van der Waals surface area contributed by atoms with Gasteiger partial charge in [-0.3, -0.25) is 9.89 Å². The molecular weight excluding hydrogens is 226 g/mol. The number of nitrogens with one attached hydrogen (secondary N) is 2. The van der Waals surface area contributed by atoms with Crippen molar-refractivity contribution in [3.63, 3.8) is 0 Å². The monoisotopic (exact) mass is 243 g/mol. The molecule has 0 unspecified atom stereocenters. The molecule has 0 aliphatic carbocycles. The van der Waals surface area contributed by atoms with Crippen LogP contribution in [0.5, 0.6) is 0 Å². The van der Waals surface area contributed by atoms with Gasteiger partial charge in [0.25, 0.3) is 0 Å². The summed E-state index contributed by atoms with van der Waals surface area (Å²) in [6.45, 7) is 4.81. The molecule has 0 radical (unpaired) electrons. The van der Waals surface area contributed by atoms with Crippen LogP contribution in [0, 0.1) is 5.92 Å². The quantitative estimate of drug-likeness (QED) is 0.810. The summed E-state index contributed by atoms with van der Waals surface area (Å²) < 4.78 is 0. The molecule has 2 aromatic rings. The van der Waals surface area contributed by atoms with E-state index < -0.39 is 0 Å². The van der Waals surface area contributed by atoms with Gasteiger partial charge in [0.15, 0.2) is 0 Å². The van der Waals surface area contributed by atoms with Gasteiger partial charge in [-0.2, -0.15) is 5.10 Å². The van der Waals surface area contributed by atoms with Crippen molar-refractivity contribution in [1.29, 1.82) is 0 Å². The molecule has 94 valence electrons. The zero-order chi connectivity index (χ0) is 13.0. The smallest absolute Gasteiger partial charge is 0.244 e. The molecule has 18 heavy (non-hydrogen) atoms. The average Bonchev–Trinajstić information content (AvgIpc) is 2.77. The third-order valence-corrected chi connectivity index (χ3v) is 2.58. The zero-order valence-electron chi connectivity index (χ0n) is 10.6. The molecule has 0 fully saturated rings. The fourth-order valence-corrected chi connectivity index (χ4v) is 1.63. The van der Waals surface area contributed by atoms with E-state index in [9.17, 15) is 4.79 Å². The summed E-state index contributed by atoms with van der Waals surface area (Å²) in [5.74, 6) is 0.365. The van der Waals surface area contributed by atoms with Crippen LogP contribution in [0.2, 0.25) is 0 Å². The van der Waals surface area contributed by atoms with Crippen molar-refractivity contribution in [1.82, 2.24) is 15.5 Å². The van der Waals surface area contributed by atoms with E-state index in [1.165, 1.54) is 6.08 Å². The van der Waals surface area contributed by atoms with Gasteiger partial charge in [0.2, 0.25) is 5.91 Å². The summed E-state index contributed by atoms with van der Waals surface area (Å²) in [7, 11) is 0. The summed E-state index contributed by atoms with van der Waals surface area (Å²) >= 11 is 0. The third kappa shape index (κ3) is 2.97.